The van der Waals surface area contributed by atoms with E-state index in [0.29, 0.717) is 6.42 Å². The first-order valence-electron chi connectivity index (χ1n) is 10.0. The van der Waals surface area contributed by atoms with E-state index in [9.17, 15) is 4.79 Å². The van der Waals surface area contributed by atoms with Gasteiger partial charge >= 0.3 is 0 Å². The van der Waals surface area contributed by atoms with Gasteiger partial charge in [-0.05, 0) is 47.9 Å². The summed E-state index contributed by atoms with van der Waals surface area (Å²) >= 11 is 0. The fourth-order valence-corrected chi connectivity index (χ4v) is 3.98. The van der Waals surface area contributed by atoms with E-state index in [1.807, 2.05) is 36.2 Å². The Morgan fingerprint density at radius 2 is 1.83 bits per heavy atom. The molecule has 4 rings (SSSR count). The predicted molar refractivity (Wildman–Crippen MR) is 120 cm³/mol. The van der Waals surface area contributed by atoms with Crippen LogP contribution in [0.4, 0.5) is 0 Å². The molecule has 152 valence electrons. The third-order valence-corrected chi connectivity index (χ3v) is 5.54. The molecule has 1 saturated heterocycles. The number of aromatic nitrogens is 1. The maximum Gasteiger partial charge on any atom is 0.222 e. The summed E-state index contributed by atoms with van der Waals surface area (Å²) in [5, 5.41) is 1.17. The zero-order chi connectivity index (χ0) is 19.5. The molecule has 29 heavy (non-hydrogen) atoms. The molecular weight excluding hydrogens is 384 g/mol. The van der Waals surface area contributed by atoms with Crippen molar-refractivity contribution in [2.24, 2.45) is 0 Å². The van der Waals surface area contributed by atoms with Gasteiger partial charge < -0.3 is 9.64 Å². The highest BCUT2D eigenvalue weighted by Gasteiger charge is 2.23. The Kier molecular flexibility index (Phi) is 6.75. The number of amides is 1. The number of piperidine rings is 1. The zero-order valence-electron chi connectivity index (χ0n) is 16.9. The standard InChI is InChI=1S/C24H26N2O2.ClH/c1-3-23(27)26-15-12-20(13-16-26)28-19-9-7-18(8-10-19)24-17(2)6-11-22-21(24)5-4-14-25-22;/h4-11,14,20H,3,12-13,15-16H2,1-2H3;1H. The molecule has 0 N–H and O–H groups in total. The first kappa shape index (κ1) is 21.1. The van der Waals surface area contributed by atoms with Crippen LogP contribution in [-0.4, -0.2) is 35.0 Å². The summed E-state index contributed by atoms with van der Waals surface area (Å²) in [7, 11) is 0. The van der Waals surface area contributed by atoms with Crippen LogP contribution < -0.4 is 4.74 Å². The number of halogens is 1. The second-order valence-electron chi connectivity index (χ2n) is 7.40. The van der Waals surface area contributed by atoms with E-state index in [1.165, 1.54) is 22.1 Å². The van der Waals surface area contributed by atoms with Gasteiger partial charge in [-0.15, -0.1) is 12.4 Å². The van der Waals surface area contributed by atoms with Crippen molar-refractivity contribution in [3.05, 3.63) is 60.3 Å². The minimum absolute atomic E-state index is 0. The molecule has 0 bridgehead atoms. The lowest BCUT2D eigenvalue weighted by Gasteiger charge is -2.32. The lowest BCUT2D eigenvalue weighted by molar-refractivity contribution is -0.132. The van der Waals surface area contributed by atoms with E-state index in [2.05, 4.69) is 42.2 Å². The number of carbonyl (C=O) groups is 1. The number of benzene rings is 2. The van der Waals surface area contributed by atoms with Crippen LogP contribution in [0.2, 0.25) is 0 Å². The molecule has 0 atom stereocenters. The predicted octanol–water partition coefficient (Wildman–Crippen LogP) is 5.41. The SMILES string of the molecule is CCC(=O)N1CCC(Oc2ccc(-c3c(C)ccc4ncccc34)cc2)CC1.Cl. The Balaban J connectivity index is 0.00000240. The Bertz CT molecular complexity index is 980. The van der Waals surface area contributed by atoms with E-state index in [0.717, 1.165) is 37.2 Å². The molecule has 1 fully saturated rings. The number of likely N-dealkylation sites (tertiary alicyclic amines) is 1. The van der Waals surface area contributed by atoms with Crippen LogP contribution in [0.15, 0.2) is 54.7 Å². The molecular formula is C24H27ClN2O2. The first-order valence-corrected chi connectivity index (χ1v) is 10.0. The quantitative estimate of drug-likeness (QED) is 0.577. The number of hydrogen-bond donors (Lipinski definition) is 0. The molecule has 3 aromatic rings. The van der Waals surface area contributed by atoms with Gasteiger partial charge in [0.25, 0.3) is 0 Å². The molecule has 2 heterocycles. The number of fused-ring (bicyclic) bond motifs is 1. The Labute approximate surface area is 178 Å². The van der Waals surface area contributed by atoms with Crippen LogP contribution in [0, 0.1) is 6.92 Å². The number of rotatable bonds is 4. The Morgan fingerprint density at radius 1 is 1.10 bits per heavy atom. The molecule has 1 aromatic heterocycles. The third-order valence-electron chi connectivity index (χ3n) is 5.54. The second-order valence-corrected chi connectivity index (χ2v) is 7.40. The largest absolute Gasteiger partial charge is 0.490 e. The van der Waals surface area contributed by atoms with E-state index >= 15 is 0 Å². The molecule has 0 unspecified atom stereocenters. The van der Waals surface area contributed by atoms with E-state index in [-0.39, 0.29) is 24.4 Å². The zero-order valence-corrected chi connectivity index (χ0v) is 17.7. The number of hydrogen-bond acceptors (Lipinski definition) is 3. The van der Waals surface area contributed by atoms with Crippen molar-refractivity contribution in [1.82, 2.24) is 9.88 Å². The Morgan fingerprint density at radius 3 is 2.52 bits per heavy atom. The van der Waals surface area contributed by atoms with Gasteiger partial charge in [0.1, 0.15) is 11.9 Å². The van der Waals surface area contributed by atoms with E-state index in [1.54, 1.807) is 0 Å². The van der Waals surface area contributed by atoms with Crippen molar-refractivity contribution in [1.29, 1.82) is 0 Å². The van der Waals surface area contributed by atoms with Gasteiger partial charge in [-0.1, -0.05) is 31.2 Å². The average molecular weight is 411 g/mol. The topological polar surface area (TPSA) is 42.4 Å². The molecule has 0 saturated carbocycles. The summed E-state index contributed by atoms with van der Waals surface area (Å²) in [6.07, 6.45) is 4.37. The highest BCUT2D eigenvalue weighted by molar-refractivity contribution is 5.96. The Hall–Kier alpha value is -2.59. The third kappa shape index (κ3) is 4.54. The molecule has 4 nitrogen and oxygen atoms in total. The number of pyridine rings is 1. The molecule has 1 amide bonds. The van der Waals surface area contributed by atoms with Gasteiger partial charge in [-0.25, -0.2) is 0 Å². The normalized spacial score (nSPS) is 14.5. The summed E-state index contributed by atoms with van der Waals surface area (Å²) in [5.41, 5.74) is 4.65. The van der Waals surface area contributed by atoms with Gasteiger partial charge in [-0.3, -0.25) is 9.78 Å². The smallest absolute Gasteiger partial charge is 0.222 e. The molecule has 1 aliphatic rings. The van der Waals surface area contributed by atoms with Gasteiger partial charge in [-0.2, -0.15) is 0 Å². The van der Waals surface area contributed by atoms with Crippen LogP contribution in [0.5, 0.6) is 5.75 Å². The van der Waals surface area contributed by atoms with Crippen LogP contribution in [0.1, 0.15) is 31.7 Å². The second kappa shape index (κ2) is 9.27. The summed E-state index contributed by atoms with van der Waals surface area (Å²) in [4.78, 5) is 18.2. The highest BCUT2D eigenvalue weighted by Crippen LogP contribution is 2.32. The molecule has 1 aliphatic heterocycles. The number of nitrogens with zero attached hydrogens (tertiary/aromatic N) is 2. The fourth-order valence-electron chi connectivity index (χ4n) is 3.98. The maximum atomic E-state index is 11.8. The number of ether oxygens (including phenoxy) is 1. The lowest BCUT2D eigenvalue weighted by atomic mass is 9.96. The van der Waals surface area contributed by atoms with Crippen molar-refractivity contribution in [3.8, 4) is 16.9 Å². The van der Waals surface area contributed by atoms with Gasteiger partial charge in [0, 0.05) is 43.9 Å². The van der Waals surface area contributed by atoms with Crippen LogP contribution in [0.3, 0.4) is 0 Å². The molecule has 0 radical (unpaired) electrons. The van der Waals surface area contributed by atoms with Crippen LogP contribution >= 0.6 is 12.4 Å². The summed E-state index contributed by atoms with van der Waals surface area (Å²) in [5.74, 6) is 1.13. The maximum absolute atomic E-state index is 11.8. The van der Waals surface area contributed by atoms with Crippen molar-refractivity contribution in [3.63, 3.8) is 0 Å². The fraction of sp³-hybridized carbons (Fsp3) is 0.333. The van der Waals surface area contributed by atoms with Crippen molar-refractivity contribution < 1.29 is 9.53 Å². The van der Waals surface area contributed by atoms with E-state index < -0.39 is 0 Å². The molecule has 5 heteroatoms. The molecule has 0 spiro atoms. The minimum Gasteiger partial charge on any atom is -0.490 e. The van der Waals surface area contributed by atoms with Crippen molar-refractivity contribution >= 4 is 29.2 Å². The minimum atomic E-state index is 0. The molecule has 2 aromatic carbocycles. The average Bonchev–Trinajstić information content (AvgIpc) is 2.74. The van der Waals surface area contributed by atoms with Gasteiger partial charge in [0.05, 0.1) is 5.52 Å². The van der Waals surface area contributed by atoms with Crippen molar-refractivity contribution in [2.75, 3.05) is 13.1 Å². The van der Waals surface area contributed by atoms with Gasteiger partial charge in [0.2, 0.25) is 5.91 Å². The first-order chi connectivity index (χ1) is 13.7. The van der Waals surface area contributed by atoms with Crippen molar-refractivity contribution in [2.45, 2.75) is 39.2 Å². The number of carbonyl (C=O) groups excluding carboxylic acids is 1. The van der Waals surface area contributed by atoms with Crippen LogP contribution in [-0.2, 0) is 4.79 Å². The van der Waals surface area contributed by atoms with E-state index in [4.69, 9.17) is 4.74 Å². The molecule has 0 aliphatic carbocycles. The summed E-state index contributed by atoms with van der Waals surface area (Å²) in [6, 6.07) is 16.7. The lowest BCUT2D eigenvalue weighted by Crippen LogP contribution is -2.41. The monoisotopic (exact) mass is 410 g/mol. The summed E-state index contributed by atoms with van der Waals surface area (Å²) in [6.45, 7) is 5.63. The number of aryl methyl sites for hydroxylation is 1. The van der Waals surface area contributed by atoms with Crippen LogP contribution in [0.25, 0.3) is 22.0 Å². The van der Waals surface area contributed by atoms with Gasteiger partial charge in [0.15, 0.2) is 0 Å². The summed E-state index contributed by atoms with van der Waals surface area (Å²) < 4.78 is 6.18. The highest BCUT2D eigenvalue weighted by atomic mass is 35.5.